The molecule has 0 spiro atoms. The minimum Gasteiger partial charge on any atom is -0.362 e. The zero-order chi connectivity index (χ0) is 23.0. The molecule has 0 aromatic heterocycles. The second-order valence-electron chi connectivity index (χ2n) is 7.88. The molecule has 0 fully saturated rings. The lowest BCUT2D eigenvalue weighted by Crippen LogP contribution is -2.36. The van der Waals surface area contributed by atoms with E-state index in [-0.39, 0.29) is 73.9 Å². The Bertz CT molecular complexity index is 461. The molecule has 0 bridgehead atoms. The Hall–Kier alpha value is -2.16. The van der Waals surface area contributed by atoms with Gasteiger partial charge in [-0.2, -0.15) is 0 Å². The summed E-state index contributed by atoms with van der Waals surface area (Å²) in [5, 5.41) is 10.8. The smallest absolute Gasteiger partial charge is 0.246 e. The standard InChI is InChI=1S/C10H20N2O3.C10H20N2O2/c1-7(2)11-9(13)5-15-6-10(14)12-8(3)4;1-7(2)11-9(13)5-6-10(14)12-8(3)4/h7-8H,5-6H2,1-4H3,(H,11,13)(H,12,14);7-8H,5-6H2,1-4H3,(H,11,13)(H,12,14). The molecule has 0 unspecified atom stereocenters. The van der Waals surface area contributed by atoms with Crippen LogP contribution in [0.25, 0.3) is 0 Å². The van der Waals surface area contributed by atoms with Gasteiger partial charge in [-0.25, -0.2) is 0 Å². The maximum Gasteiger partial charge on any atom is 0.246 e. The molecule has 4 N–H and O–H groups in total. The Morgan fingerprint density at radius 2 is 0.759 bits per heavy atom. The van der Waals surface area contributed by atoms with E-state index >= 15 is 0 Å². The van der Waals surface area contributed by atoms with Crippen molar-refractivity contribution in [1.82, 2.24) is 21.3 Å². The predicted octanol–water partition coefficient (Wildman–Crippen LogP) is 0.868. The average molecular weight is 417 g/mol. The Kier molecular flexibility index (Phi) is 16.8. The first-order valence-corrected chi connectivity index (χ1v) is 10.1. The lowest BCUT2D eigenvalue weighted by molar-refractivity contribution is -0.131. The van der Waals surface area contributed by atoms with Crippen molar-refractivity contribution in [2.24, 2.45) is 0 Å². The van der Waals surface area contributed by atoms with Gasteiger partial charge in [0.2, 0.25) is 23.6 Å². The van der Waals surface area contributed by atoms with Gasteiger partial charge in [0.25, 0.3) is 0 Å². The lowest BCUT2D eigenvalue weighted by atomic mass is 10.2. The van der Waals surface area contributed by atoms with Gasteiger partial charge >= 0.3 is 0 Å². The molecule has 0 aromatic carbocycles. The van der Waals surface area contributed by atoms with Crippen molar-refractivity contribution in [2.75, 3.05) is 13.2 Å². The third-order valence-electron chi connectivity index (χ3n) is 2.84. The van der Waals surface area contributed by atoms with Gasteiger partial charge in [-0.1, -0.05) is 0 Å². The summed E-state index contributed by atoms with van der Waals surface area (Å²) in [6.45, 7) is 14.9. The molecule has 9 heteroatoms. The van der Waals surface area contributed by atoms with Crippen molar-refractivity contribution in [3.05, 3.63) is 0 Å². The van der Waals surface area contributed by atoms with Gasteiger partial charge in [0.15, 0.2) is 0 Å². The van der Waals surface area contributed by atoms with Crippen LogP contribution in [0.15, 0.2) is 0 Å². The van der Waals surface area contributed by atoms with E-state index < -0.39 is 0 Å². The summed E-state index contributed by atoms with van der Waals surface area (Å²) in [6.07, 6.45) is 0.521. The van der Waals surface area contributed by atoms with Crippen LogP contribution in [0.2, 0.25) is 0 Å². The fourth-order valence-electron chi connectivity index (χ4n) is 1.98. The molecular weight excluding hydrogens is 376 g/mol. The van der Waals surface area contributed by atoms with E-state index in [1.54, 1.807) is 0 Å². The number of carbonyl (C=O) groups excluding carboxylic acids is 4. The van der Waals surface area contributed by atoms with E-state index in [9.17, 15) is 19.2 Å². The quantitative estimate of drug-likeness (QED) is 0.398. The average Bonchev–Trinajstić information content (AvgIpc) is 2.50. The molecule has 0 aliphatic rings. The monoisotopic (exact) mass is 416 g/mol. The van der Waals surface area contributed by atoms with Crippen molar-refractivity contribution in [3.8, 4) is 0 Å². The van der Waals surface area contributed by atoms with Gasteiger partial charge in [0, 0.05) is 37.0 Å². The molecule has 0 rings (SSSR count). The number of ether oxygens (including phenoxy) is 1. The highest BCUT2D eigenvalue weighted by molar-refractivity contribution is 5.83. The highest BCUT2D eigenvalue weighted by Gasteiger charge is 2.08. The van der Waals surface area contributed by atoms with Crippen molar-refractivity contribution < 1.29 is 23.9 Å². The molecule has 0 aliphatic carbocycles. The zero-order valence-electron chi connectivity index (χ0n) is 19.2. The molecule has 29 heavy (non-hydrogen) atoms. The van der Waals surface area contributed by atoms with Crippen LogP contribution < -0.4 is 21.3 Å². The summed E-state index contributed by atoms with van der Waals surface area (Å²) in [5.41, 5.74) is 0. The largest absolute Gasteiger partial charge is 0.362 e. The maximum atomic E-state index is 11.2. The zero-order valence-corrected chi connectivity index (χ0v) is 19.2. The minimum atomic E-state index is -0.206. The van der Waals surface area contributed by atoms with Crippen molar-refractivity contribution in [2.45, 2.75) is 92.4 Å². The van der Waals surface area contributed by atoms with Gasteiger partial charge in [-0.05, 0) is 55.4 Å². The van der Waals surface area contributed by atoms with E-state index in [1.165, 1.54) is 0 Å². The Morgan fingerprint density at radius 3 is 1.00 bits per heavy atom. The number of amides is 4. The molecular formula is C20H40N4O5. The molecule has 0 saturated heterocycles. The lowest BCUT2D eigenvalue weighted by Gasteiger charge is -2.10. The molecule has 9 nitrogen and oxygen atoms in total. The summed E-state index contributed by atoms with van der Waals surface area (Å²) in [4.78, 5) is 44.5. The first-order chi connectivity index (χ1) is 13.3. The van der Waals surface area contributed by atoms with E-state index in [0.29, 0.717) is 0 Å². The molecule has 0 radical (unpaired) electrons. The summed E-state index contributed by atoms with van der Waals surface area (Å²) >= 11 is 0. The molecule has 0 atom stereocenters. The van der Waals surface area contributed by atoms with Crippen LogP contribution >= 0.6 is 0 Å². The molecule has 0 saturated carbocycles. The van der Waals surface area contributed by atoms with Gasteiger partial charge in [0.1, 0.15) is 13.2 Å². The third-order valence-corrected chi connectivity index (χ3v) is 2.84. The number of nitrogens with one attached hydrogen (secondary N) is 4. The first kappa shape index (κ1) is 29.0. The second-order valence-corrected chi connectivity index (χ2v) is 7.88. The molecule has 0 heterocycles. The fraction of sp³-hybridized carbons (Fsp3) is 0.800. The Balaban J connectivity index is 0. The topological polar surface area (TPSA) is 126 Å². The second kappa shape index (κ2) is 16.8. The van der Waals surface area contributed by atoms with Gasteiger partial charge in [0.05, 0.1) is 0 Å². The van der Waals surface area contributed by atoms with Crippen LogP contribution in [-0.4, -0.2) is 61.0 Å². The Labute approximate surface area is 175 Å². The molecule has 0 aliphatic heterocycles. The van der Waals surface area contributed by atoms with Crippen LogP contribution in [0, 0.1) is 0 Å². The normalized spacial score (nSPS) is 10.5. The maximum absolute atomic E-state index is 11.2. The Morgan fingerprint density at radius 1 is 0.517 bits per heavy atom. The van der Waals surface area contributed by atoms with Crippen molar-refractivity contribution in [3.63, 3.8) is 0 Å². The highest BCUT2D eigenvalue weighted by Crippen LogP contribution is 1.92. The summed E-state index contributed by atoms with van der Waals surface area (Å²) in [5.74, 6) is -0.553. The number of carbonyl (C=O) groups is 4. The van der Waals surface area contributed by atoms with Crippen LogP contribution in [0.4, 0.5) is 0 Å². The van der Waals surface area contributed by atoms with E-state index in [0.717, 1.165) is 0 Å². The SMILES string of the molecule is CC(C)NC(=O)CCC(=O)NC(C)C.CC(C)NC(=O)COCC(=O)NC(C)C. The fourth-order valence-corrected chi connectivity index (χ4v) is 1.98. The van der Waals surface area contributed by atoms with Gasteiger partial charge in [-0.3, -0.25) is 19.2 Å². The van der Waals surface area contributed by atoms with Crippen LogP contribution in [0.1, 0.15) is 68.2 Å². The third kappa shape index (κ3) is 23.8. The number of hydrogen-bond acceptors (Lipinski definition) is 5. The predicted molar refractivity (Wildman–Crippen MR) is 113 cm³/mol. The molecule has 4 amide bonds. The van der Waals surface area contributed by atoms with Crippen molar-refractivity contribution in [1.29, 1.82) is 0 Å². The molecule has 170 valence electrons. The van der Waals surface area contributed by atoms with E-state index in [4.69, 9.17) is 4.74 Å². The van der Waals surface area contributed by atoms with Gasteiger partial charge in [-0.15, -0.1) is 0 Å². The minimum absolute atomic E-state index is 0.0705. The summed E-state index contributed by atoms with van der Waals surface area (Å²) < 4.78 is 4.93. The van der Waals surface area contributed by atoms with Crippen LogP contribution in [-0.2, 0) is 23.9 Å². The van der Waals surface area contributed by atoms with E-state index in [2.05, 4.69) is 21.3 Å². The summed E-state index contributed by atoms with van der Waals surface area (Å²) in [7, 11) is 0. The van der Waals surface area contributed by atoms with Crippen molar-refractivity contribution >= 4 is 23.6 Å². The number of rotatable bonds is 11. The van der Waals surface area contributed by atoms with E-state index in [1.807, 2.05) is 55.4 Å². The van der Waals surface area contributed by atoms with Crippen LogP contribution in [0.3, 0.4) is 0 Å². The summed E-state index contributed by atoms with van der Waals surface area (Å²) in [6, 6.07) is 0.447. The van der Waals surface area contributed by atoms with Gasteiger partial charge < -0.3 is 26.0 Å². The first-order valence-electron chi connectivity index (χ1n) is 10.1. The highest BCUT2D eigenvalue weighted by atomic mass is 16.5. The molecule has 0 aromatic rings. The number of hydrogen-bond donors (Lipinski definition) is 4. The van der Waals surface area contributed by atoms with Crippen LogP contribution in [0.5, 0.6) is 0 Å².